The first kappa shape index (κ1) is 14.0. The van der Waals surface area contributed by atoms with Crippen molar-refractivity contribution in [1.29, 1.82) is 0 Å². The van der Waals surface area contributed by atoms with Crippen LogP contribution in [0.3, 0.4) is 0 Å². The fraction of sp³-hybridized carbons (Fsp3) is 0.550. The van der Waals surface area contributed by atoms with E-state index in [9.17, 15) is 9.90 Å². The number of carbonyl (C=O) groups is 1. The second-order valence-corrected chi connectivity index (χ2v) is 8.13. The SMILES string of the molecule is C=C1CC[C@@H]2[C@H](c3c(C)c(O)c4c(c31)C(=O)[C@H](C)C4)C2(C)C. The van der Waals surface area contributed by atoms with E-state index in [1.54, 1.807) is 0 Å². The molecule has 0 bridgehead atoms. The zero-order valence-corrected chi connectivity index (χ0v) is 13.9. The predicted molar refractivity (Wildman–Crippen MR) is 88.3 cm³/mol. The minimum atomic E-state index is -0.0223. The maximum Gasteiger partial charge on any atom is 0.167 e. The summed E-state index contributed by atoms with van der Waals surface area (Å²) in [7, 11) is 0. The van der Waals surface area contributed by atoms with Crippen LogP contribution < -0.4 is 0 Å². The Morgan fingerprint density at radius 1 is 1.27 bits per heavy atom. The Kier molecular flexibility index (Phi) is 2.58. The molecule has 22 heavy (non-hydrogen) atoms. The van der Waals surface area contributed by atoms with Crippen molar-refractivity contribution in [1.82, 2.24) is 0 Å². The Hall–Kier alpha value is -1.57. The van der Waals surface area contributed by atoms with E-state index in [1.807, 2.05) is 13.8 Å². The molecular formula is C20H24O2. The zero-order valence-electron chi connectivity index (χ0n) is 13.9. The molecule has 0 heterocycles. The maximum absolute atomic E-state index is 12.7. The molecule has 0 radical (unpaired) electrons. The van der Waals surface area contributed by atoms with Crippen LogP contribution in [-0.2, 0) is 6.42 Å². The van der Waals surface area contributed by atoms with E-state index >= 15 is 0 Å². The normalized spacial score (nSPS) is 31.4. The van der Waals surface area contributed by atoms with E-state index in [0.717, 1.165) is 40.7 Å². The second kappa shape index (κ2) is 4.04. The average Bonchev–Trinajstić information content (AvgIpc) is 2.93. The molecule has 4 rings (SSSR count). The molecule has 0 spiro atoms. The molecule has 3 aliphatic carbocycles. The molecule has 3 atom stereocenters. The van der Waals surface area contributed by atoms with E-state index in [0.29, 0.717) is 24.0 Å². The van der Waals surface area contributed by atoms with E-state index < -0.39 is 0 Å². The third-order valence-electron chi connectivity index (χ3n) is 6.54. The third kappa shape index (κ3) is 1.48. The van der Waals surface area contributed by atoms with Crippen molar-refractivity contribution in [2.45, 2.75) is 52.9 Å². The van der Waals surface area contributed by atoms with E-state index in [4.69, 9.17) is 0 Å². The number of aromatic hydroxyl groups is 1. The molecule has 3 aliphatic rings. The van der Waals surface area contributed by atoms with Gasteiger partial charge in [-0.1, -0.05) is 27.4 Å². The van der Waals surface area contributed by atoms with E-state index in [1.165, 1.54) is 5.56 Å². The Balaban J connectivity index is 2.07. The summed E-state index contributed by atoms with van der Waals surface area (Å²) in [6.07, 6.45) is 2.78. The van der Waals surface area contributed by atoms with Crippen molar-refractivity contribution in [3.05, 3.63) is 34.4 Å². The number of benzene rings is 1. The van der Waals surface area contributed by atoms with E-state index in [-0.39, 0.29) is 17.1 Å². The average molecular weight is 296 g/mol. The summed E-state index contributed by atoms with van der Waals surface area (Å²) in [5, 5.41) is 10.7. The molecule has 0 saturated heterocycles. The fourth-order valence-corrected chi connectivity index (χ4v) is 5.13. The summed E-state index contributed by atoms with van der Waals surface area (Å²) in [5.41, 5.74) is 6.33. The second-order valence-electron chi connectivity index (χ2n) is 8.13. The van der Waals surface area contributed by atoms with Crippen molar-refractivity contribution in [2.24, 2.45) is 17.3 Å². The number of allylic oxidation sites excluding steroid dienone is 1. The Morgan fingerprint density at radius 3 is 2.64 bits per heavy atom. The highest BCUT2D eigenvalue weighted by Crippen LogP contribution is 2.70. The number of ketones is 1. The van der Waals surface area contributed by atoms with Gasteiger partial charge in [-0.25, -0.2) is 0 Å². The highest BCUT2D eigenvalue weighted by atomic mass is 16.3. The smallest absolute Gasteiger partial charge is 0.167 e. The number of fused-ring (bicyclic) bond motifs is 5. The largest absolute Gasteiger partial charge is 0.507 e. The van der Waals surface area contributed by atoms with Crippen molar-refractivity contribution in [3.63, 3.8) is 0 Å². The van der Waals surface area contributed by atoms with Gasteiger partial charge in [-0.15, -0.1) is 0 Å². The fourth-order valence-electron chi connectivity index (χ4n) is 5.13. The maximum atomic E-state index is 12.7. The number of Topliss-reactive ketones (excluding diaryl/α,β-unsaturated/α-hetero) is 1. The zero-order chi connectivity index (χ0) is 16.0. The first-order chi connectivity index (χ1) is 10.3. The van der Waals surface area contributed by atoms with Crippen molar-refractivity contribution >= 4 is 11.4 Å². The van der Waals surface area contributed by atoms with Gasteiger partial charge in [-0.2, -0.15) is 0 Å². The van der Waals surface area contributed by atoms with Crippen molar-refractivity contribution < 1.29 is 9.90 Å². The van der Waals surface area contributed by atoms with Gasteiger partial charge in [-0.3, -0.25) is 4.79 Å². The van der Waals surface area contributed by atoms with Crippen LogP contribution in [0.5, 0.6) is 5.75 Å². The number of hydrogen-bond acceptors (Lipinski definition) is 2. The summed E-state index contributed by atoms with van der Waals surface area (Å²) >= 11 is 0. The van der Waals surface area contributed by atoms with Gasteiger partial charge in [-0.05, 0) is 65.7 Å². The monoisotopic (exact) mass is 296 g/mol. The Morgan fingerprint density at radius 2 is 1.95 bits per heavy atom. The van der Waals surface area contributed by atoms with Crippen LogP contribution in [-0.4, -0.2) is 10.9 Å². The first-order valence-electron chi connectivity index (χ1n) is 8.37. The number of carbonyl (C=O) groups excluding carboxylic acids is 1. The van der Waals surface area contributed by atoms with Crippen LogP contribution >= 0.6 is 0 Å². The molecule has 1 N–H and O–H groups in total. The molecular weight excluding hydrogens is 272 g/mol. The van der Waals surface area contributed by atoms with Crippen LogP contribution in [0.15, 0.2) is 6.58 Å². The van der Waals surface area contributed by atoms with Gasteiger partial charge < -0.3 is 5.11 Å². The number of phenolic OH excluding ortho intramolecular Hbond substituents is 1. The van der Waals surface area contributed by atoms with Gasteiger partial charge in [0.05, 0.1) is 0 Å². The van der Waals surface area contributed by atoms with Crippen LogP contribution in [0.25, 0.3) is 5.57 Å². The lowest BCUT2D eigenvalue weighted by atomic mass is 9.84. The van der Waals surface area contributed by atoms with Crippen LogP contribution in [0.1, 0.15) is 72.1 Å². The quantitative estimate of drug-likeness (QED) is 0.758. The molecule has 1 fully saturated rings. The molecule has 0 aromatic heterocycles. The van der Waals surface area contributed by atoms with Crippen LogP contribution in [0.2, 0.25) is 0 Å². The molecule has 2 nitrogen and oxygen atoms in total. The van der Waals surface area contributed by atoms with Gasteiger partial charge in [0.1, 0.15) is 5.75 Å². The van der Waals surface area contributed by atoms with Gasteiger partial charge >= 0.3 is 0 Å². The summed E-state index contributed by atoms with van der Waals surface area (Å²) in [5.74, 6) is 1.64. The highest BCUT2D eigenvalue weighted by molar-refractivity contribution is 6.07. The first-order valence-corrected chi connectivity index (χ1v) is 8.37. The molecule has 2 heteroatoms. The molecule has 0 amide bonds. The number of hydrogen-bond donors (Lipinski definition) is 1. The van der Waals surface area contributed by atoms with Crippen LogP contribution in [0, 0.1) is 24.2 Å². The minimum Gasteiger partial charge on any atom is -0.507 e. The molecule has 0 unspecified atom stereocenters. The lowest BCUT2D eigenvalue weighted by Gasteiger charge is -2.21. The third-order valence-corrected chi connectivity index (χ3v) is 6.54. The molecule has 1 aromatic carbocycles. The lowest BCUT2D eigenvalue weighted by Crippen LogP contribution is -2.09. The minimum absolute atomic E-state index is 0.0223. The summed E-state index contributed by atoms with van der Waals surface area (Å²) < 4.78 is 0. The van der Waals surface area contributed by atoms with Gasteiger partial charge in [0.15, 0.2) is 5.78 Å². The van der Waals surface area contributed by atoms with E-state index in [2.05, 4.69) is 20.4 Å². The molecule has 116 valence electrons. The van der Waals surface area contributed by atoms with Crippen molar-refractivity contribution in [2.75, 3.05) is 0 Å². The van der Waals surface area contributed by atoms with Gasteiger partial charge in [0, 0.05) is 17.0 Å². The highest BCUT2D eigenvalue weighted by Gasteiger charge is 2.60. The van der Waals surface area contributed by atoms with Gasteiger partial charge in [0.25, 0.3) is 0 Å². The molecule has 1 saturated carbocycles. The standard InChI is InChI=1S/C20H24O2/c1-9-6-7-13-17(20(13,4)5)15-11(3)19(22)12-8-10(2)18(21)16(12)14(9)15/h10,13,17,22H,1,6-8H2,2-5H3/t10-,13-,17-/m1/s1. The predicted octanol–water partition coefficient (Wildman–Crippen LogP) is 4.62. The number of rotatable bonds is 0. The summed E-state index contributed by atoms with van der Waals surface area (Å²) in [6, 6.07) is 0. The summed E-state index contributed by atoms with van der Waals surface area (Å²) in [6.45, 7) is 12.9. The molecule has 1 aromatic rings. The topological polar surface area (TPSA) is 37.3 Å². The lowest BCUT2D eigenvalue weighted by molar-refractivity contribution is 0.0946. The molecule has 0 aliphatic heterocycles. The number of phenols is 1. The Labute approximate surface area is 132 Å². The Bertz CT molecular complexity index is 739. The van der Waals surface area contributed by atoms with Crippen molar-refractivity contribution in [3.8, 4) is 5.75 Å². The summed E-state index contributed by atoms with van der Waals surface area (Å²) in [4.78, 5) is 12.7. The van der Waals surface area contributed by atoms with Crippen LogP contribution in [0.4, 0.5) is 0 Å². The van der Waals surface area contributed by atoms with Gasteiger partial charge in [0.2, 0.25) is 0 Å².